The molecule has 0 unspecified atom stereocenters. The monoisotopic (exact) mass is 400 g/mol. The topological polar surface area (TPSA) is 69.9 Å². The molecule has 0 aliphatic rings. The van der Waals surface area contributed by atoms with Crippen LogP contribution in [0.2, 0.25) is 0 Å². The summed E-state index contributed by atoms with van der Waals surface area (Å²) >= 11 is 0. The normalized spacial score (nSPS) is 10.7. The van der Waals surface area contributed by atoms with E-state index in [1.54, 1.807) is 12.3 Å². The Hall–Kier alpha value is -3.93. The molecule has 0 bridgehead atoms. The van der Waals surface area contributed by atoms with Crippen molar-refractivity contribution < 1.29 is 14.3 Å². The second kappa shape index (κ2) is 8.61. The molecule has 0 saturated carbocycles. The molecule has 150 valence electrons. The number of carbonyl (C=O) groups is 1. The van der Waals surface area contributed by atoms with Crippen LogP contribution in [-0.4, -0.2) is 22.0 Å². The number of fused-ring (bicyclic) bond motifs is 1. The van der Waals surface area contributed by atoms with E-state index in [-0.39, 0.29) is 18.8 Å². The molecule has 0 aliphatic carbocycles. The molecule has 6 heteroatoms. The van der Waals surface area contributed by atoms with E-state index in [4.69, 9.17) is 9.47 Å². The number of ether oxygens (including phenoxy) is 2. The first-order chi connectivity index (χ1) is 14.6. The third kappa shape index (κ3) is 4.22. The molecule has 30 heavy (non-hydrogen) atoms. The van der Waals surface area contributed by atoms with Crippen molar-refractivity contribution in [1.29, 1.82) is 0 Å². The fraction of sp³-hybridized carbons (Fsp3) is 0.125. The van der Waals surface area contributed by atoms with Gasteiger partial charge in [-0.25, -0.2) is 9.78 Å². The fourth-order valence-corrected chi connectivity index (χ4v) is 3.16. The summed E-state index contributed by atoms with van der Waals surface area (Å²) < 4.78 is 12.4. The molecule has 0 radical (unpaired) electrons. The summed E-state index contributed by atoms with van der Waals surface area (Å²) in [5, 5.41) is 0. The van der Waals surface area contributed by atoms with Crippen molar-refractivity contribution in [2.45, 2.75) is 13.5 Å². The zero-order valence-corrected chi connectivity index (χ0v) is 16.4. The second-order valence-corrected chi connectivity index (χ2v) is 6.78. The highest BCUT2D eigenvalue weighted by Gasteiger charge is 2.11. The van der Waals surface area contributed by atoms with Gasteiger partial charge in [0.15, 0.2) is 6.61 Å². The van der Waals surface area contributed by atoms with Crippen LogP contribution >= 0.6 is 0 Å². The van der Waals surface area contributed by atoms with Crippen LogP contribution in [0.25, 0.3) is 16.8 Å². The maximum Gasteiger partial charge on any atom is 0.344 e. The lowest BCUT2D eigenvalue weighted by Gasteiger charge is -2.11. The van der Waals surface area contributed by atoms with Crippen molar-refractivity contribution in [3.63, 3.8) is 0 Å². The average molecular weight is 400 g/mol. The Balaban J connectivity index is 1.42. The van der Waals surface area contributed by atoms with Gasteiger partial charge in [0.2, 0.25) is 0 Å². The number of aryl methyl sites for hydroxylation is 1. The predicted octanol–water partition coefficient (Wildman–Crippen LogP) is 3.79. The number of rotatable bonds is 6. The molecule has 0 amide bonds. The van der Waals surface area contributed by atoms with Crippen molar-refractivity contribution in [3.05, 3.63) is 101 Å². The van der Waals surface area contributed by atoms with Gasteiger partial charge < -0.3 is 9.47 Å². The molecule has 0 atom stereocenters. The summed E-state index contributed by atoms with van der Waals surface area (Å²) in [6.45, 7) is 1.54. The number of nitrogens with zero attached hydrogens (tertiary/aromatic N) is 2. The van der Waals surface area contributed by atoms with Gasteiger partial charge in [-0.05, 0) is 30.2 Å². The standard InChI is InChI=1S/C24H20N2O4/c1-17-8-7-13-26-22(27)14-19(25-24(17)26)15-30-23(28)16-29-21-12-6-5-11-20(21)18-9-3-2-4-10-18/h2-14H,15-16H2,1H3. The first-order valence-electron chi connectivity index (χ1n) is 9.52. The number of esters is 1. The van der Waals surface area contributed by atoms with Gasteiger partial charge in [0.05, 0.1) is 5.69 Å². The van der Waals surface area contributed by atoms with E-state index < -0.39 is 5.97 Å². The lowest BCUT2D eigenvalue weighted by Crippen LogP contribution is -2.19. The number of benzene rings is 2. The van der Waals surface area contributed by atoms with Gasteiger partial charge in [-0.15, -0.1) is 0 Å². The zero-order valence-electron chi connectivity index (χ0n) is 16.4. The molecule has 2 aromatic heterocycles. The van der Waals surface area contributed by atoms with Gasteiger partial charge in [-0.1, -0.05) is 54.6 Å². The number of para-hydroxylation sites is 1. The minimum Gasteiger partial charge on any atom is -0.481 e. The van der Waals surface area contributed by atoms with Crippen LogP contribution in [0.3, 0.4) is 0 Å². The van der Waals surface area contributed by atoms with Crippen molar-refractivity contribution >= 4 is 11.6 Å². The Bertz CT molecular complexity index is 1250. The Morgan fingerprint density at radius 2 is 1.77 bits per heavy atom. The number of aromatic nitrogens is 2. The maximum atomic E-state index is 12.2. The zero-order chi connectivity index (χ0) is 20.9. The molecule has 0 aliphatic heterocycles. The van der Waals surface area contributed by atoms with E-state index in [1.807, 2.05) is 67.6 Å². The second-order valence-electron chi connectivity index (χ2n) is 6.78. The Labute approximate surface area is 173 Å². The lowest BCUT2D eigenvalue weighted by atomic mass is 10.1. The van der Waals surface area contributed by atoms with Crippen LogP contribution in [-0.2, 0) is 16.1 Å². The molecular weight excluding hydrogens is 380 g/mol. The largest absolute Gasteiger partial charge is 0.481 e. The number of carbonyl (C=O) groups excluding carboxylic acids is 1. The summed E-state index contributed by atoms with van der Waals surface area (Å²) in [7, 11) is 0. The van der Waals surface area contributed by atoms with Crippen LogP contribution < -0.4 is 10.3 Å². The summed E-state index contributed by atoms with van der Waals surface area (Å²) in [5.41, 5.74) is 3.48. The van der Waals surface area contributed by atoms with Crippen LogP contribution in [0.5, 0.6) is 5.75 Å². The van der Waals surface area contributed by atoms with Crippen molar-refractivity contribution in [3.8, 4) is 16.9 Å². The van der Waals surface area contributed by atoms with Gasteiger partial charge in [-0.2, -0.15) is 0 Å². The highest BCUT2D eigenvalue weighted by Crippen LogP contribution is 2.29. The first-order valence-corrected chi connectivity index (χ1v) is 9.52. The molecule has 0 N–H and O–H groups in total. The van der Waals surface area contributed by atoms with Crippen LogP contribution in [0, 0.1) is 6.92 Å². The van der Waals surface area contributed by atoms with E-state index in [9.17, 15) is 9.59 Å². The summed E-state index contributed by atoms with van der Waals surface area (Å²) in [4.78, 5) is 28.9. The Kier molecular flexibility index (Phi) is 5.57. The third-order valence-electron chi connectivity index (χ3n) is 4.64. The Morgan fingerprint density at radius 1 is 1.00 bits per heavy atom. The fourth-order valence-electron chi connectivity index (χ4n) is 3.16. The molecular formula is C24H20N2O4. The minimum absolute atomic E-state index is 0.0946. The molecule has 2 heterocycles. The summed E-state index contributed by atoms with van der Waals surface area (Å²) in [6, 6.07) is 22.3. The summed E-state index contributed by atoms with van der Waals surface area (Å²) in [6.07, 6.45) is 1.66. The highest BCUT2D eigenvalue weighted by molar-refractivity contribution is 5.73. The lowest BCUT2D eigenvalue weighted by molar-refractivity contribution is -0.147. The SMILES string of the molecule is Cc1cccn2c(=O)cc(COC(=O)COc3ccccc3-c3ccccc3)nc12. The van der Waals surface area contributed by atoms with Gasteiger partial charge in [0.25, 0.3) is 5.56 Å². The number of pyridine rings is 1. The van der Waals surface area contributed by atoms with Crippen molar-refractivity contribution in [2.75, 3.05) is 6.61 Å². The van der Waals surface area contributed by atoms with Gasteiger partial charge in [0, 0.05) is 17.8 Å². The van der Waals surface area contributed by atoms with Gasteiger partial charge >= 0.3 is 5.97 Å². The smallest absolute Gasteiger partial charge is 0.344 e. The van der Waals surface area contributed by atoms with Crippen molar-refractivity contribution in [2.24, 2.45) is 0 Å². The van der Waals surface area contributed by atoms with E-state index >= 15 is 0 Å². The predicted molar refractivity (Wildman–Crippen MR) is 113 cm³/mol. The minimum atomic E-state index is -0.537. The van der Waals surface area contributed by atoms with Crippen LogP contribution in [0.1, 0.15) is 11.3 Å². The molecule has 6 nitrogen and oxygen atoms in total. The first kappa shape index (κ1) is 19.4. The molecule has 4 aromatic rings. The molecule has 4 rings (SSSR count). The van der Waals surface area contributed by atoms with Crippen LogP contribution in [0.15, 0.2) is 83.8 Å². The maximum absolute atomic E-state index is 12.2. The van der Waals surface area contributed by atoms with E-state index in [0.29, 0.717) is 17.1 Å². The van der Waals surface area contributed by atoms with Crippen LogP contribution in [0.4, 0.5) is 0 Å². The van der Waals surface area contributed by atoms with Gasteiger partial charge in [-0.3, -0.25) is 9.20 Å². The molecule has 0 spiro atoms. The molecule has 2 aromatic carbocycles. The van der Waals surface area contributed by atoms with E-state index in [1.165, 1.54) is 10.5 Å². The summed E-state index contributed by atoms with van der Waals surface area (Å²) in [5.74, 6) is 0.0583. The number of hydrogen-bond acceptors (Lipinski definition) is 5. The average Bonchev–Trinajstić information content (AvgIpc) is 2.78. The van der Waals surface area contributed by atoms with Crippen molar-refractivity contribution in [1.82, 2.24) is 9.38 Å². The van der Waals surface area contributed by atoms with E-state index in [2.05, 4.69) is 4.98 Å². The third-order valence-corrected chi connectivity index (χ3v) is 4.64. The number of hydrogen-bond donors (Lipinski definition) is 0. The molecule has 0 fully saturated rings. The quantitative estimate of drug-likeness (QED) is 0.461. The van der Waals surface area contributed by atoms with Gasteiger partial charge in [0.1, 0.15) is 18.0 Å². The highest BCUT2D eigenvalue weighted by atomic mass is 16.6. The van der Waals surface area contributed by atoms with E-state index in [0.717, 1.165) is 16.7 Å². The Morgan fingerprint density at radius 3 is 2.60 bits per heavy atom. The molecule has 0 saturated heterocycles.